The molecule has 0 heterocycles. The van der Waals surface area contributed by atoms with Crippen LogP contribution in [0.3, 0.4) is 0 Å². The Bertz CT molecular complexity index is 410. The summed E-state index contributed by atoms with van der Waals surface area (Å²) in [4.78, 5) is 11.1. The smallest absolute Gasteiger partial charge is 0.310 e. The van der Waals surface area contributed by atoms with Crippen molar-refractivity contribution < 1.29 is 15.0 Å². The fraction of sp³-hybridized carbons (Fsp3) is 0.500. The molecule has 0 saturated heterocycles. The van der Waals surface area contributed by atoms with Gasteiger partial charge < -0.3 is 10.2 Å². The van der Waals surface area contributed by atoms with Crippen LogP contribution in [-0.4, -0.2) is 16.2 Å². The molecule has 1 atom stereocenters. The van der Waals surface area contributed by atoms with Crippen LogP contribution in [0.25, 0.3) is 0 Å². The Balaban J connectivity index is 3.19. The number of phenolic OH excluding ortho intramolecular Hbond substituents is 1. The molecule has 2 N–H and O–H groups in total. The van der Waals surface area contributed by atoms with Crippen molar-refractivity contribution in [1.82, 2.24) is 0 Å². The highest BCUT2D eigenvalue weighted by atomic mass is 16.4. The third-order valence-electron chi connectivity index (χ3n) is 3.22. The van der Waals surface area contributed by atoms with Crippen LogP contribution < -0.4 is 0 Å². The van der Waals surface area contributed by atoms with E-state index in [1.165, 1.54) is 0 Å². The lowest BCUT2D eigenvalue weighted by Gasteiger charge is -2.16. The van der Waals surface area contributed by atoms with Crippen molar-refractivity contribution in [2.24, 2.45) is 0 Å². The van der Waals surface area contributed by atoms with Gasteiger partial charge in [-0.3, -0.25) is 4.79 Å². The van der Waals surface area contributed by atoms with Crippen molar-refractivity contribution in [3.8, 4) is 5.75 Å². The minimum atomic E-state index is -0.826. The van der Waals surface area contributed by atoms with Gasteiger partial charge in [-0.2, -0.15) is 0 Å². The molecular formula is C14H20O3. The predicted octanol–water partition coefficient (Wildman–Crippen LogP) is 3.23. The Kier molecular flexibility index (Phi) is 4.55. The highest BCUT2D eigenvalue weighted by Crippen LogP contribution is 2.30. The van der Waals surface area contributed by atoms with Crippen molar-refractivity contribution in [3.63, 3.8) is 0 Å². The molecule has 0 bridgehead atoms. The molecule has 1 unspecified atom stereocenters. The van der Waals surface area contributed by atoms with Gasteiger partial charge in [0.25, 0.3) is 0 Å². The molecule has 1 aromatic rings. The van der Waals surface area contributed by atoms with Gasteiger partial charge in [0.2, 0.25) is 0 Å². The molecule has 0 aliphatic carbocycles. The first kappa shape index (κ1) is 13.6. The lowest BCUT2D eigenvalue weighted by Crippen LogP contribution is -2.11. The molecule has 3 nitrogen and oxygen atoms in total. The zero-order valence-electron chi connectivity index (χ0n) is 10.7. The second-order valence-electron chi connectivity index (χ2n) is 4.44. The van der Waals surface area contributed by atoms with E-state index in [0.717, 1.165) is 36.0 Å². The summed E-state index contributed by atoms with van der Waals surface area (Å²) in [6.45, 7) is 5.63. The molecule has 0 amide bonds. The summed E-state index contributed by atoms with van der Waals surface area (Å²) in [7, 11) is 0. The zero-order valence-corrected chi connectivity index (χ0v) is 10.7. The average molecular weight is 236 g/mol. The molecule has 0 radical (unpaired) electrons. The Hall–Kier alpha value is -1.51. The van der Waals surface area contributed by atoms with Crippen molar-refractivity contribution in [2.45, 2.75) is 46.0 Å². The van der Waals surface area contributed by atoms with Crippen LogP contribution in [0.15, 0.2) is 12.1 Å². The molecule has 17 heavy (non-hydrogen) atoms. The number of aliphatic carboxylic acids is 1. The van der Waals surface area contributed by atoms with Gasteiger partial charge in [0, 0.05) is 0 Å². The van der Waals surface area contributed by atoms with Crippen LogP contribution in [0.1, 0.15) is 49.3 Å². The maximum absolute atomic E-state index is 11.1. The van der Waals surface area contributed by atoms with Crippen LogP contribution >= 0.6 is 0 Å². The molecule has 0 aliphatic rings. The maximum Gasteiger partial charge on any atom is 0.310 e. The van der Waals surface area contributed by atoms with Crippen LogP contribution in [0.2, 0.25) is 0 Å². The minimum absolute atomic E-state index is 0.248. The van der Waals surface area contributed by atoms with E-state index in [1.807, 2.05) is 6.92 Å². The Morgan fingerprint density at radius 2 is 2.06 bits per heavy atom. The number of hydrogen-bond acceptors (Lipinski definition) is 2. The summed E-state index contributed by atoms with van der Waals surface area (Å²) >= 11 is 0. The lowest BCUT2D eigenvalue weighted by molar-refractivity contribution is -0.138. The fourth-order valence-corrected chi connectivity index (χ4v) is 1.99. The highest BCUT2D eigenvalue weighted by molar-refractivity contribution is 5.76. The number of unbranched alkanes of at least 4 members (excludes halogenated alkanes) is 1. The normalized spacial score (nSPS) is 12.4. The number of carbonyl (C=O) groups is 1. The SMILES string of the molecule is CCCCc1c(C(C)C(=O)O)ccc(O)c1C. The first-order valence-corrected chi connectivity index (χ1v) is 6.03. The van der Waals surface area contributed by atoms with E-state index in [4.69, 9.17) is 5.11 Å². The fourth-order valence-electron chi connectivity index (χ4n) is 1.99. The largest absolute Gasteiger partial charge is 0.508 e. The quantitative estimate of drug-likeness (QED) is 0.825. The average Bonchev–Trinajstić information content (AvgIpc) is 2.30. The standard InChI is InChI=1S/C14H20O3/c1-4-5-6-11-9(2)13(15)8-7-12(11)10(3)14(16)17/h7-8,10,15H,4-6H2,1-3H3,(H,16,17). The molecule has 1 aromatic carbocycles. The first-order valence-electron chi connectivity index (χ1n) is 6.03. The number of hydrogen-bond donors (Lipinski definition) is 2. The number of rotatable bonds is 5. The highest BCUT2D eigenvalue weighted by Gasteiger charge is 2.19. The molecule has 3 heteroatoms. The van der Waals surface area contributed by atoms with Gasteiger partial charge in [-0.1, -0.05) is 19.4 Å². The van der Waals surface area contributed by atoms with Gasteiger partial charge in [0.15, 0.2) is 0 Å². The number of carboxylic acids is 1. The minimum Gasteiger partial charge on any atom is -0.508 e. The van der Waals surface area contributed by atoms with Crippen molar-refractivity contribution >= 4 is 5.97 Å². The van der Waals surface area contributed by atoms with Gasteiger partial charge in [0.05, 0.1) is 5.92 Å². The summed E-state index contributed by atoms with van der Waals surface area (Å²) in [6.07, 6.45) is 2.88. The maximum atomic E-state index is 11.1. The monoisotopic (exact) mass is 236 g/mol. The van der Waals surface area contributed by atoms with Crippen LogP contribution in [-0.2, 0) is 11.2 Å². The molecule has 0 saturated carbocycles. The Morgan fingerprint density at radius 1 is 1.41 bits per heavy atom. The summed E-state index contributed by atoms with van der Waals surface area (Å²) < 4.78 is 0. The topological polar surface area (TPSA) is 57.5 Å². The second kappa shape index (κ2) is 5.71. The van der Waals surface area contributed by atoms with Gasteiger partial charge in [-0.25, -0.2) is 0 Å². The van der Waals surface area contributed by atoms with E-state index in [2.05, 4.69) is 6.92 Å². The number of carboxylic acid groups (broad SMARTS) is 1. The Labute approximate surface area is 102 Å². The number of benzene rings is 1. The third kappa shape index (κ3) is 2.99. The predicted molar refractivity (Wildman–Crippen MR) is 67.5 cm³/mol. The van der Waals surface area contributed by atoms with E-state index < -0.39 is 11.9 Å². The van der Waals surface area contributed by atoms with E-state index in [0.29, 0.717) is 0 Å². The summed E-state index contributed by atoms with van der Waals surface area (Å²) in [6, 6.07) is 3.31. The van der Waals surface area contributed by atoms with E-state index in [-0.39, 0.29) is 5.75 Å². The summed E-state index contributed by atoms with van der Waals surface area (Å²) in [5.74, 6) is -1.11. The third-order valence-corrected chi connectivity index (χ3v) is 3.22. The molecule has 1 rings (SSSR count). The van der Waals surface area contributed by atoms with Gasteiger partial charge in [-0.15, -0.1) is 0 Å². The molecule has 0 aromatic heterocycles. The second-order valence-corrected chi connectivity index (χ2v) is 4.44. The number of phenols is 1. The van der Waals surface area contributed by atoms with Gasteiger partial charge in [-0.05, 0) is 49.4 Å². The molecule has 0 fully saturated rings. The van der Waals surface area contributed by atoms with Gasteiger partial charge in [0.1, 0.15) is 5.75 Å². The Morgan fingerprint density at radius 3 is 2.59 bits per heavy atom. The zero-order chi connectivity index (χ0) is 13.0. The molecule has 0 spiro atoms. The summed E-state index contributed by atoms with van der Waals surface area (Å²) in [5.41, 5.74) is 2.62. The van der Waals surface area contributed by atoms with Gasteiger partial charge >= 0.3 is 5.97 Å². The molecular weight excluding hydrogens is 216 g/mol. The molecule has 94 valence electrons. The number of aromatic hydroxyl groups is 1. The van der Waals surface area contributed by atoms with Crippen LogP contribution in [0.4, 0.5) is 0 Å². The van der Waals surface area contributed by atoms with E-state index >= 15 is 0 Å². The van der Waals surface area contributed by atoms with Crippen molar-refractivity contribution in [1.29, 1.82) is 0 Å². The summed E-state index contributed by atoms with van der Waals surface area (Å²) in [5, 5.41) is 18.8. The first-order chi connectivity index (χ1) is 7.99. The van der Waals surface area contributed by atoms with Crippen molar-refractivity contribution in [3.05, 3.63) is 28.8 Å². The molecule has 0 aliphatic heterocycles. The lowest BCUT2D eigenvalue weighted by atomic mass is 9.89. The van der Waals surface area contributed by atoms with Crippen molar-refractivity contribution in [2.75, 3.05) is 0 Å². The van der Waals surface area contributed by atoms with Crippen LogP contribution in [0.5, 0.6) is 5.75 Å². The van der Waals surface area contributed by atoms with E-state index in [1.54, 1.807) is 19.1 Å². The van der Waals surface area contributed by atoms with E-state index in [9.17, 15) is 9.90 Å². The van der Waals surface area contributed by atoms with Crippen LogP contribution in [0, 0.1) is 6.92 Å².